The minimum Gasteiger partial charge on any atom is -0.310 e. The van der Waals surface area contributed by atoms with Crippen molar-refractivity contribution in [1.29, 1.82) is 0 Å². The Labute approximate surface area is 130 Å². The summed E-state index contributed by atoms with van der Waals surface area (Å²) in [5.41, 5.74) is 2.14. The molecule has 0 aliphatic heterocycles. The van der Waals surface area contributed by atoms with E-state index in [4.69, 9.17) is 0 Å². The second-order valence-electron chi connectivity index (χ2n) is 4.65. The number of hydrogen-bond donors (Lipinski definition) is 1. The first-order chi connectivity index (χ1) is 9.56. The third kappa shape index (κ3) is 4.13. The van der Waals surface area contributed by atoms with Gasteiger partial charge in [-0.2, -0.15) is 11.3 Å². The van der Waals surface area contributed by atoms with Gasteiger partial charge in [0.1, 0.15) is 0 Å². The molecule has 20 heavy (non-hydrogen) atoms. The lowest BCUT2D eigenvalue weighted by molar-refractivity contribution is -0.385. The fraction of sp³-hybridized carbons (Fsp3) is 0.286. The normalized spacial score (nSPS) is 12.3. The third-order valence-corrected chi connectivity index (χ3v) is 4.23. The first kappa shape index (κ1) is 15.2. The minimum atomic E-state index is -0.342. The topological polar surface area (TPSA) is 55.2 Å². The van der Waals surface area contributed by atoms with E-state index in [-0.39, 0.29) is 16.7 Å². The van der Waals surface area contributed by atoms with Gasteiger partial charge in [0.15, 0.2) is 0 Å². The SMILES string of the molecule is CC(Cc1ccsc1)NCc1ccc(Br)cc1[N+](=O)[O-]. The molecule has 1 N–H and O–H groups in total. The fourth-order valence-electron chi connectivity index (χ4n) is 1.98. The molecule has 1 aromatic heterocycles. The third-order valence-electron chi connectivity index (χ3n) is 3.01. The molecule has 0 aliphatic rings. The van der Waals surface area contributed by atoms with Crippen molar-refractivity contribution in [3.8, 4) is 0 Å². The number of halogens is 1. The van der Waals surface area contributed by atoms with Crippen LogP contribution in [0.4, 0.5) is 5.69 Å². The maximum atomic E-state index is 11.0. The van der Waals surface area contributed by atoms with Crippen molar-refractivity contribution >= 4 is 33.0 Å². The Balaban J connectivity index is 1.98. The molecule has 2 rings (SSSR count). The van der Waals surface area contributed by atoms with Crippen LogP contribution in [0.15, 0.2) is 39.5 Å². The molecule has 0 amide bonds. The summed E-state index contributed by atoms with van der Waals surface area (Å²) in [4.78, 5) is 10.7. The molecule has 0 aliphatic carbocycles. The van der Waals surface area contributed by atoms with Crippen molar-refractivity contribution in [3.63, 3.8) is 0 Å². The molecule has 1 aromatic carbocycles. The number of thiophene rings is 1. The molecule has 4 nitrogen and oxygen atoms in total. The van der Waals surface area contributed by atoms with Gasteiger partial charge >= 0.3 is 0 Å². The van der Waals surface area contributed by atoms with Gasteiger partial charge in [0.2, 0.25) is 0 Å². The van der Waals surface area contributed by atoms with Crippen LogP contribution >= 0.6 is 27.3 Å². The van der Waals surface area contributed by atoms with Crippen molar-refractivity contribution in [2.45, 2.75) is 25.9 Å². The molecule has 0 radical (unpaired) electrons. The van der Waals surface area contributed by atoms with Crippen molar-refractivity contribution in [2.75, 3.05) is 0 Å². The standard InChI is InChI=1S/C14H15BrN2O2S/c1-10(6-11-4-5-20-9-11)16-8-12-2-3-13(15)7-14(12)17(18)19/h2-5,7,9-10,16H,6,8H2,1H3. The van der Waals surface area contributed by atoms with Crippen LogP contribution in [0.1, 0.15) is 18.1 Å². The maximum Gasteiger partial charge on any atom is 0.275 e. The highest BCUT2D eigenvalue weighted by Gasteiger charge is 2.14. The van der Waals surface area contributed by atoms with Crippen molar-refractivity contribution in [2.24, 2.45) is 0 Å². The highest BCUT2D eigenvalue weighted by atomic mass is 79.9. The van der Waals surface area contributed by atoms with E-state index in [1.165, 1.54) is 5.56 Å². The Morgan fingerprint density at radius 2 is 2.25 bits per heavy atom. The first-order valence-corrected chi connectivity index (χ1v) is 7.97. The van der Waals surface area contributed by atoms with Crippen LogP contribution in [0.2, 0.25) is 0 Å². The zero-order chi connectivity index (χ0) is 14.5. The molecule has 0 fully saturated rings. The lowest BCUT2D eigenvalue weighted by Crippen LogP contribution is -2.27. The predicted octanol–water partition coefficient (Wildman–Crippen LogP) is 4.14. The molecule has 0 saturated carbocycles. The molecule has 1 unspecified atom stereocenters. The highest BCUT2D eigenvalue weighted by molar-refractivity contribution is 9.10. The monoisotopic (exact) mass is 354 g/mol. The summed E-state index contributed by atoms with van der Waals surface area (Å²) < 4.78 is 0.722. The second-order valence-corrected chi connectivity index (χ2v) is 6.34. The zero-order valence-corrected chi connectivity index (χ0v) is 13.4. The molecule has 106 valence electrons. The van der Waals surface area contributed by atoms with Gasteiger partial charge in [-0.05, 0) is 47.9 Å². The molecule has 1 atom stereocenters. The van der Waals surface area contributed by atoms with Crippen LogP contribution in [0.25, 0.3) is 0 Å². The first-order valence-electron chi connectivity index (χ1n) is 6.23. The number of nitrogens with zero attached hydrogens (tertiary/aromatic N) is 1. The highest BCUT2D eigenvalue weighted by Crippen LogP contribution is 2.23. The smallest absolute Gasteiger partial charge is 0.275 e. The average molecular weight is 355 g/mol. The van der Waals surface area contributed by atoms with Crippen LogP contribution in [-0.2, 0) is 13.0 Å². The van der Waals surface area contributed by atoms with Crippen LogP contribution in [0.5, 0.6) is 0 Å². The van der Waals surface area contributed by atoms with Gasteiger partial charge in [0.05, 0.1) is 4.92 Å². The van der Waals surface area contributed by atoms with E-state index in [0.29, 0.717) is 12.1 Å². The van der Waals surface area contributed by atoms with Crippen molar-refractivity contribution < 1.29 is 4.92 Å². The van der Waals surface area contributed by atoms with Gasteiger partial charge in [-0.25, -0.2) is 0 Å². The molecule has 1 heterocycles. The number of rotatable bonds is 6. The summed E-state index contributed by atoms with van der Waals surface area (Å²) in [6, 6.07) is 7.53. The van der Waals surface area contributed by atoms with Crippen molar-refractivity contribution in [1.82, 2.24) is 5.32 Å². The van der Waals surface area contributed by atoms with Crippen LogP contribution in [0, 0.1) is 10.1 Å². The largest absolute Gasteiger partial charge is 0.310 e. The predicted molar refractivity (Wildman–Crippen MR) is 85.1 cm³/mol. The van der Waals surface area contributed by atoms with Gasteiger partial charge in [0.25, 0.3) is 5.69 Å². The van der Waals surface area contributed by atoms with Gasteiger partial charge in [-0.15, -0.1) is 0 Å². The van der Waals surface area contributed by atoms with E-state index in [1.54, 1.807) is 23.5 Å². The fourth-order valence-corrected chi connectivity index (χ4v) is 3.01. The number of nitro benzene ring substituents is 1. The van der Waals surface area contributed by atoms with Gasteiger partial charge in [-0.1, -0.05) is 15.9 Å². The summed E-state index contributed by atoms with van der Waals surface area (Å²) >= 11 is 4.94. The molecule has 6 heteroatoms. The summed E-state index contributed by atoms with van der Waals surface area (Å²) in [5.74, 6) is 0. The van der Waals surface area contributed by atoms with E-state index < -0.39 is 0 Å². The van der Waals surface area contributed by atoms with E-state index >= 15 is 0 Å². The maximum absolute atomic E-state index is 11.0. The number of hydrogen-bond acceptors (Lipinski definition) is 4. The average Bonchev–Trinajstić information content (AvgIpc) is 2.90. The second kappa shape index (κ2) is 6.97. The number of nitrogens with one attached hydrogen (secondary N) is 1. The zero-order valence-electron chi connectivity index (χ0n) is 11.0. The Bertz CT molecular complexity index is 587. The van der Waals surface area contributed by atoms with E-state index in [2.05, 4.69) is 45.0 Å². The van der Waals surface area contributed by atoms with E-state index in [9.17, 15) is 10.1 Å². The lowest BCUT2D eigenvalue weighted by atomic mass is 10.1. The Morgan fingerprint density at radius 1 is 1.45 bits per heavy atom. The van der Waals surface area contributed by atoms with Crippen LogP contribution < -0.4 is 5.32 Å². The minimum absolute atomic E-state index is 0.148. The summed E-state index contributed by atoms with van der Waals surface area (Å²) in [7, 11) is 0. The summed E-state index contributed by atoms with van der Waals surface area (Å²) in [5, 5.41) is 18.6. The van der Waals surface area contributed by atoms with E-state index in [0.717, 1.165) is 10.9 Å². The summed E-state index contributed by atoms with van der Waals surface area (Å²) in [6.45, 7) is 2.58. The quantitative estimate of drug-likeness (QED) is 0.626. The van der Waals surface area contributed by atoms with Crippen molar-refractivity contribution in [3.05, 3.63) is 60.7 Å². The van der Waals surface area contributed by atoms with Crippen LogP contribution in [-0.4, -0.2) is 11.0 Å². The Kier molecular flexibility index (Phi) is 5.28. The number of benzene rings is 1. The molecule has 0 saturated heterocycles. The molecule has 0 spiro atoms. The molecule has 0 bridgehead atoms. The van der Waals surface area contributed by atoms with E-state index in [1.807, 2.05) is 6.07 Å². The van der Waals surface area contributed by atoms with Crippen LogP contribution in [0.3, 0.4) is 0 Å². The number of nitro groups is 1. The Morgan fingerprint density at radius 3 is 2.90 bits per heavy atom. The van der Waals surface area contributed by atoms with Gasteiger partial charge < -0.3 is 5.32 Å². The van der Waals surface area contributed by atoms with Gasteiger partial charge in [0, 0.05) is 28.7 Å². The van der Waals surface area contributed by atoms with Gasteiger partial charge in [-0.3, -0.25) is 10.1 Å². The molecular formula is C14H15BrN2O2S. The molecular weight excluding hydrogens is 340 g/mol. The Hall–Kier alpha value is -1.24. The lowest BCUT2D eigenvalue weighted by Gasteiger charge is -2.13. The summed E-state index contributed by atoms with van der Waals surface area (Å²) in [6.07, 6.45) is 0.924. The molecule has 2 aromatic rings.